The van der Waals surface area contributed by atoms with Gasteiger partial charge < -0.3 is 16.2 Å². The highest BCUT2D eigenvalue weighted by Crippen LogP contribution is 2.10. The van der Waals surface area contributed by atoms with Crippen LogP contribution in [0.15, 0.2) is 0 Å². The molecule has 0 heterocycles. The summed E-state index contributed by atoms with van der Waals surface area (Å²) in [5, 5.41) is 11.7. The van der Waals surface area contributed by atoms with Gasteiger partial charge in [0.15, 0.2) is 0 Å². The van der Waals surface area contributed by atoms with E-state index in [1.165, 1.54) is 0 Å². The number of nitrogens with two attached hydrogens (primary N) is 1. The van der Waals surface area contributed by atoms with Gasteiger partial charge in [0.1, 0.15) is 6.04 Å². The average molecular weight is 272 g/mol. The van der Waals surface area contributed by atoms with E-state index in [0.717, 1.165) is 32.1 Å². The highest BCUT2D eigenvalue weighted by atomic mass is 16.4. The van der Waals surface area contributed by atoms with Crippen LogP contribution >= 0.6 is 0 Å². The Morgan fingerprint density at radius 3 is 2.26 bits per heavy atom. The van der Waals surface area contributed by atoms with Crippen molar-refractivity contribution in [1.82, 2.24) is 5.32 Å². The molecule has 0 bridgehead atoms. The molecule has 0 saturated heterocycles. The van der Waals surface area contributed by atoms with Crippen LogP contribution in [0.1, 0.15) is 59.3 Å². The smallest absolute Gasteiger partial charge is 0.326 e. The van der Waals surface area contributed by atoms with Gasteiger partial charge in [0.05, 0.1) is 0 Å². The molecule has 0 aromatic heterocycles. The van der Waals surface area contributed by atoms with Gasteiger partial charge in [-0.3, -0.25) is 4.79 Å². The molecule has 0 aliphatic heterocycles. The Hall–Kier alpha value is -1.10. The molecule has 4 N–H and O–H groups in total. The van der Waals surface area contributed by atoms with Crippen molar-refractivity contribution in [3.63, 3.8) is 0 Å². The molecule has 5 heteroatoms. The van der Waals surface area contributed by atoms with Gasteiger partial charge in [-0.2, -0.15) is 0 Å². The molecular formula is C14H28N2O3. The third kappa shape index (κ3) is 8.59. The molecular weight excluding hydrogens is 244 g/mol. The van der Waals surface area contributed by atoms with Crippen LogP contribution in [0.4, 0.5) is 0 Å². The van der Waals surface area contributed by atoms with E-state index in [-0.39, 0.29) is 17.9 Å². The monoisotopic (exact) mass is 272 g/mol. The van der Waals surface area contributed by atoms with Crippen molar-refractivity contribution >= 4 is 11.9 Å². The van der Waals surface area contributed by atoms with Crippen LogP contribution < -0.4 is 11.1 Å². The Labute approximate surface area is 115 Å². The van der Waals surface area contributed by atoms with Gasteiger partial charge in [0, 0.05) is 12.0 Å². The maximum Gasteiger partial charge on any atom is 0.326 e. The molecule has 0 radical (unpaired) electrons. The molecule has 5 nitrogen and oxygen atoms in total. The number of nitrogens with one attached hydrogen (secondary N) is 1. The summed E-state index contributed by atoms with van der Waals surface area (Å²) in [5.74, 6) is -1.29. The first-order chi connectivity index (χ1) is 8.88. The highest BCUT2D eigenvalue weighted by molar-refractivity contribution is 5.84. The number of hydrogen-bond donors (Lipinski definition) is 3. The molecule has 0 fully saturated rings. The molecule has 0 aromatic carbocycles. The maximum atomic E-state index is 11.9. The summed E-state index contributed by atoms with van der Waals surface area (Å²) in [6.07, 6.45) is 4.73. The van der Waals surface area contributed by atoms with Crippen molar-refractivity contribution in [2.45, 2.75) is 71.4 Å². The van der Waals surface area contributed by atoms with Crippen LogP contribution in [0, 0.1) is 5.92 Å². The SMILES string of the molecule is CCCCC(NC(=O)C(C)CCCC(C)N)C(=O)O. The maximum absolute atomic E-state index is 11.9. The van der Waals surface area contributed by atoms with E-state index in [4.69, 9.17) is 10.8 Å². The minimum absolute atomic E-state index is 0.145. The molecule has 0 aromatic rings. The highest BCUT2D eigenvalue weighted by Gasteiger charge is 2.22. The molecule has 0 saturated carbocycles. The average Bonchev–Trinajstić information content (AvgIpc) is 2.33. The van der Waals surface area contributed by atoms with E-state index in [1.807, 2.05) is 20.8 Å². The van der Waals surface area contributed by atoms with Gasteiger partial charge in [-0.25, -0.2) is 4.79 Å². The number of carboxylic acids is 1. The van der Waals surface area contributed by atoms with Crippen molar-refractivity contribution < 1.29 is 14.7 Å². The first-order valence-electron chi connectivity index (χ1n) is 7.17. The first-order valence-corrected chi connectivity index (χ1v) is 7.17. The van der Waals surface area contributed by atoms with Crippen LogP contribution in [-0.4, -0.2) is 29.1 Å². The number of rotatable bonds is 10. The largest absolute Gasteiger partial charge is 0.480 e. The minimum Gasteiger partial charge on any atom is -0.480 e. The first kappa shape index (κ1) is 17.9. The van der Waals surface area contributed by atoms with E-state index in [0.29, 0.717) is 6.42 Å². The van der Waals surface area contributed by atoms with Crippen molar-refractivity contribution in [3.8, 4) is 0 Å². The number of aliphatic carboxylic acids is 1. The van der Waals surface area contributed by atoms with E-state index in [9.17, 15) is 9.59 Å². The van der Waals surface area contributed by atoms with Crippen LogP contribution in [0.25, 0.3) is 0 Å². The van der Waals surface area contributed by atoms with Crippen molar-refractivity contribution in [3.05, 3.63) is 0 Å². The quantitative estimate of drug-likeness (QED) is 0.566. The van der Waals surface area contributed by atoms with Gasteiger partial charge in [-0.1, -0.05) is 33.1 Å². The number of hydrogen-bond acceptors (Lipinski definition) is 3. The summed E-state index contributed by atoms with van der Waals surface area (Å²) < 4.78 is 0. The summed E-state index contributed by atoms with van der Waals surface area (Å²) in [5.41, 5.74) is 5.65. The molecule has 0 aliphatic carbocycles. The van der Waals surface area contributed by atoms with Crippen LogP contribution in [0.3, 0.4) is 0 Å². The lowest BCUT2D eigenvalue weighted by molar-refractivity contribution is -0.142. The fourth-order valence-corrected chi connectivity index (χ4v) is 1.86. The molecule has 1 amide bonds. The topological polar surface area (TPSA) is 92.4 Å². The molecule has 0 aliphatic rings. The van der Waals surface area contributed by atoms with Gasteiger partial charge in [-0.05, 0) is 26.2 Å². The Morgan fingerprint density at radius 1 is 1.16 bits per heavy atom. The number of carboxylic acid groups (broad SMARTS) is 1. The third-order valence-corrected chi connectivity index (χ3v) is 3.21. The lowest BCUT2D eigenvalue weighted by Gasteiger charge is -2.18. The lowest BCUT2D eigenvalue weighted by atomic mass is 10.0. The summed E-state index contributed by atoms with van der Waals surface area (Å²) in [4.78, 5) is 22.9. The second-order valence-corrected chi connectivity index (χ2v) is 5.35. The summed E-state index contributed by atoms with van der Waals surface area (Å²) >= 11 is 0. The number of carbonyl (C=O) groups excluding carboxylic acids is 1. The van der Waals surface area contributed by atoms with Crippen LogP contribution in [-0.2, 0) is 9.59 Å². The predicted octanol–water partition coefficient (Wildman–Crippen LogP) is 1.90. The van der Waals surface area contributed by atoms with E-state index < -0.39 is 12.0 Å². The van der Waals surface area contributed by atoms with Crippen LogP contribution in [0.5, 0.6) is 0 Å². The molecule has 3 unspecified atom stereocenters. The van der Waals surface area contributed by atoms with E-state index in [1.54, 1.807) is 0 Å². The van der Waals surface area contributed by atoms with Crippen molar-refractivity contribution in [1.29, 1.82) is 0 Å². The Morgan fingerprint density at radius 2 is 1.79 bits per heavy atom. The Bertz CT molecular complexity index is 280. The second-order valence-electron chi connectivity index (χ2n) is 5.35. The summed E-state index contributed by atoms with van der Waals surface area (Å²) in [6, 6.07) is -0.616. The third-order valence-electron chi connectivity index (χ3n) is 3.21. The molecule has 112 valence electrons. The Kier molecular flexibility index (Phi) is 9.21. The zero-order valence-electron chi connectivity index (χ0n) is 12.3. The number of amides is 1. The van der Waals surface area contributed by atoms with Crippen molar-refractivity contribution in [2.75, 3.05) is 0 Å². The summed E-state index contributed by atoms with van der Waals surface area (Å²) in [6.45, 7) is 5.77. The van der Waals surface area contributed by atoms with Crippen LogP contribution in [0.2, 0.25) is 0 Å². The van der Waals surface area contributed by atoms with Gasteiger partial charge in [0.2, 0.25) is 5.91 Å². The zero-order chi connectivity index (χ0) is 14.8. The predicted molar refractivity (Wildman–Crippen MR) is 75.8 cm³/mol. The zero-order valence-corrected chi connectivity index (χ0v) is 12.3. The normalized spacial score (nSPS) is 15.6. The molecule has 0 spiro atoms. The van der Waals surface area contributed by atoms with Gasteiger partial charge >= 0.3 is 5.97 Å². The van der Waals surface area contributed by atoms with Gasteiger partial charge in [0.25, 0.3) is 0 Å². The van der Waals surface area contributed by atoms with Crippen molar-refractivity contribution in [2.24, 2.45) is 11.7 Å². The van der Waals surface area contributed by atoms with E-state index >= 15 is 0 Å². The fourth-order valence-electron chi connectivity index (χ4n) is 1.86. The summed E-state index contributed by atoms with van der Waals surface area (Å²) in [7, 11) is 0. The molecule has 0 rings (SSSR count). The van der Waals surface area contributed by atoms with Gasteiger partial charge in [-0.15, -0.1) is 0 Å². The number of carbonyl (C=O) groups is 2. The number of unbranched alkanes of at least 4 members (excludes halogenated alkanes) is 1. The lowest BCUT2D eigenvalue weighted by Crippen LogP contribution is -2.43. The fraction of sp³-hybridized carbons (Fsp3) is 0.857. The Balaban J connectivity index is 4.12. The van der Waals surface area contributed by atoms with E-state index in [2.05, 4.69) is 5.32 Å². The molecule has 3 atom stereocenters. The second kappa shape index (κ2) is 9.78. The minimum atomic E-state index is -0.954. The molecule has 19 heavy (non-hydrogen) atoms. The standard InChI is InChI=1S/C14H28N2O3/c1-4-5-9-12(14(18)19)16-13(17)10(2)7-6-8-11(3)15/h10-12H,4-9,15H2,1-3H3,(H,16,17)(H,18,19).